The van der Waals surface area contributed by atoms with E-state index in [1.165, 1.54) is 0 Å². The molecule has 1 saturated heterocycles. The minimum absolute atomic E-state index is 0.0107. The van der Waals surface area contributed by atoms with E-state index >= 15 is 0 Å². The van der Waals surface area contributed by atoms with Crippen molar-refractivity contribution in [1.82, 2.24) is 20.1 Å². The second kappa shape index (κ2) is 6.88. The fourth-order valence-electron chi connectivity index (χ4n) is 3.37. The summed E-state index contributed by atoms with van der Waals surface area (Å²) in [5, 5.41) is 10.6. The number of amides is 1. The maximum atomic E-state index is 12.9. The Morgan fingerprint density at radius 3 is 3.00 bits per heavy atom. The van der Waals surface area contributed by atoms with Crippen LogP contribution in [0.3, 0.4) is 0 Å². The molecule has 1 amide bonds. The fourth-order valence-corrected chi connectivity index (χ4v) is 3.37. The number of aryl methyl sites for hydroxylation is 1. The molecule has 0 saturated carbocycles. The molecule has 1 atom stereocenters. The molecule has 0 unspecified atom stereocenters. The zero-order valence-corrected chi connectivity index (χ0v) is 15.2. The third kappa shape index (κ3) is 3.19. The molecule has 3 aromatic rings. The van der Waals surface area contributed by atoms with Gasteiger partial charge in [0, 0.05) is 24.0 Å². The molecule has 1 fully saturated rings. The minimum Gasteiger partial charge on any atom is -0.377 e. The summed E-state index contributed by atoms with van der Waals surface area (Å²) >= 11 is 0. The Labute approximate surface area is 155 Å². The Morgan fingerprint density at radius 1 is 1.37 bits per heavy atom. The second-order valence-corrected chi connectivity index (χ2v) is 6.74. The molecule has 8 nitrogen and oxygen atoms in total. The number of morpholine rings is 1. The van der Waals surface area contributed by atoms with Crippen LogP contribution in [0.1, 0.15) is 22.8 Å². The van der Waals surface area contributed by atoms with Crippen molar-refractivity contribution in [1.29, 1.82) is 0 Å². The first-order chi connectivity index (χ1) is 13.0. The van der Waals surface area contributed by atoms with Crippen LogP contribution in [0.25, 0.3) is 10.9 Å². The molecule has 0 spiro atoms. The van der Waals surface area contributed by atoms with Crippen molar-refractivity contribution < 1.29 is 9.53 Å². The van der Waals surface area contributed by atoms with Crippen molar-refractivity contribution in [3.05, 3.63) is 51.9 Å². The number of carbonyl (C=O) groups excluding carboxylic acids is 1. The number of nitrogens with zero attached hydrogens (tertiary/aromatic N) is 2. The van der Waals surface area contributed by atoms with Crippen LogP contribution < -0.4 is 10.9 Å². The van der Waals surface area contributed by atoms with Gasteiger partial charge in [-0.25, -0.2) is 0 Å². The van der Waals surface area contributed by atoms with Crippen molar-refractivity contribution in [2.24, 2.45) is 0 Å². The normalized spacial score (nSPS) is 17.3. The van der Waals surface area contributed by atoms with Crippen molar-refractivity contribution in [3.8, 4) is 0 Å². The number of pyridine rings is 1. The summed E-state index contributed by atoms with van der Waals surface area (Å²) in [5.41, 5.74) is 2.73. The number of hydrogen-bond acceptors (Lipinski definition) is 5. The highest BCUT2D eigenvalue weighted by Gasteiger charge is 2.25. The van der Waals surface area contributed by atoms with E-state index in [1.807, 2.05) is 30.9 Å². The first-order valence-electron chi connectivity index (χ1n) is 8.87. The Balaban J connectivity index is 1.60. The van der Waals surface area contributed by atoms with Gasteiger partial charge < -0.3 is 19.9 Å². The standard InChI is InChI=1S/C19H21N5O3/c1-11-9-13(21-17-16-15(22-23-17)5-6-20-18(16)25)3-4-14(11)19(26)24-7-8-27-10-12(24)2/h3-6,9,12H,7-8,10H2,1-2H3,(H,20,25)(H2,21,22,23)/t12-/m0/s1. The van der Waals surface area contributed by atoms with Crippen molar-refractivity contribution >= 4 is 28.3 Å². The van der Waals surface area contributed by atoms with Gasteiger partial charge >= 0.3 is 0 Å². The van der Waals surface area contributed by atoms with Crippen LogP contribution in [-0.2, 0) is 4.74 Å². The number of benzene rings is 1. The van der Waals surface area contributed by atoms with Crippen LogP contribution in [0.5, 0.6) is 0 Å². The summed E-state index contributed by atoms with van der Waals surface area (Å²) in [6.45, 7) is 5.61. The lowest BCUT2D eigenvalue weighted by Gasteiger charge is -2.33. The first-order valence-corrected chi connectivity index (χ1v) is 8.87. The molecule has 27 heavy (non-hydrogen) atoms. The van der Waals surface area contributed by atoms with Crippen LogP contribution in [0, 0.1) is 6.92 Å². The van der Waals surface area contributed by atoms with Gasteiger partial charge in [-0.1, -0.05) is 0 Å². The van der Waals surface area contributed by atoms with Crippen LogP contribution in [0.4, 0.5) is 11.5 Å². The van der Waals surface area contributed by atoms with Gasteiger partial charge in [-0.2, -0.15) is 5.10 Å². The third-order valence-corrected chi connectivity index (χ3v) is 4.83. The van der Waals surface area contributed by atoms with Crippen LogP contribution in [-0.4, -0.2) is 51.8 Å². The van der Waals surface area contributed by atoms with Crippen LogP contribution in [0.15, 0.2) is 35.3 Å². The number of aromatic amines is 2. The summed E-state index contributed by atoms with van der Waals surface area (Å²) in [6.07, 6.45) is 1.57. The van der Waals surface area contributed by atoms with Crippen LogP contribution >= 0.6 is 0 Å². The maximum absolute atomic E-state index is 12.9. The van der Waals surface area contributed by atoms with E-state index in [0.717, 1.165) is 11.3 Å². The number of rotatable bonds is 3. The first kappa shape index (κ1) is 17.3. The summed E-state index contributed by atoms with van der Waals surface area (Å²) in [4.78, 5) is 29.4. The number of fused-ring (bicyclic) bond motifs is 1. The zero-order chi connectivity index (χ0) is 19.0. The van der Waals surface area contributed by atoms with Crippen molar-refractivity contribution in [3.63, 3.8) is 0 Å². The van der Waals surface area contributed by atoms with Gasteiger partial charge in [0.2, 0.25) is 0 Å². The van der Waals surface area contributed by atoms with Crippen molar-refractivity contribution in [2.45, 2.75) is 19.9 Å². The number of anilines is 2. The Morgan fingerprint density at radius 2 is 2.22 bits per heavy atom. The van der Waals surface area contributed by atoms with Crippen molar-refractivity contribution in [2.75, 3.05) is 25.1 Å². The number of hydrogen-bond donors (Lipinski definition) is 3. The highest BCUT2D eigenvalue weighted by Crippen LogP contribution is 2.24. The lowest BCUT2D eigenvalue weighted by atomic mass is 10.1. The molecule has 4 rings (SSSR count). The predicted octanol–water partition coefficient (Wildman–Crippen LogP) is 2.16. The quantitative estimate of drug-likeness (QED) is 0.658. The van der Waals surface area contributed by atoms with Gasteiger partial charge in [0.25, 0.3) is 11.5 Å². The van der Waals surface area contributed by atoms with E-state index in [9.17, 15) is 9.59 Å². The van der Waals surface area contributed by atoms with Gasteiger partial charge in [0.1, 0.15) is 5.39 Å². The molecule has 8 heteroatoms. The third-order valence-electron chi connectivity index (χ3n) is 4.83. The maximum Gasteiger partial charge on any atom is 0.261 e. The monoisotopic (exact) mass is 367 g/mol. The average Bonchev–Trinajstić information content (AvgIpc) is 3.06. The lowest BCUT2D eigenvalue weighted by Crippen LogP contribution is -2.47. The smallest absolute Gasteiger partial charge is 0.261 e. The molecular formula is C19H21N5O3. The van der Waals surface area contributed by atoms with E-state index in [0.29, 0.717) is 42.0 Å². The fraction of sp³-hybridized carbons (Fsp3) is 0.316. The van der Waals surface area contributed by atoms with Gasteiger partial charge in [0.05, 0.1) is 24.8 Å². The van der Waals surface area contributed by atoms with E-state index < -0.39 is 0 Å². The molecule has 140 valence electrons. The number of aromatic nitrogens is 3. The molecule has 1 aromatic carbocycles. The molecule has 2 aromatic heterocycles. The minimum atomic E-state index is -0.214. The van der Waals surface area contributed by atoms with Gasteiger partial charge in [0.15, 0.2) is 5.82 Å². The van der Waals surface area contributed by atoms with Gasteiger partial charge in [-0.3, -0.25) is 14.7 Å². The second-order valence-electron chi connectivity index (χ2n) is 6.74. The molecule has 3 heterocycles. The average molecular weight is 367 g/mol. The number of H-pyrrole nitrogens is 2. The number of nitrogens with one attached hydrogen (secondary N) is 3. The molecule has 0 bridgehead atoms. The van der Waals surface area contributed by atoms with Gasteiger partial charge in [-0.15, -0.1) is 0 Å². The largest absolute Gasteiger partial charge is 0.377 e. The molecule has 0 aliphatic carbocycles. The van der Waals surface area contributed by atoms with E-state index in [2.05, 4.69) is 20.5 Å². The zero-order valence-electron chi connectivity index (χ0n) is 15.2. The Hall–Kier alpha value is -3.13. The van der Waals surface area contributed by atoms with Crippen LogP contribution in [0.2, 0.25) is 0 Å². The predicted molar refractivity (Wildman–Crippen MR) is 102 cm³/mol. The Bertz CT molecular complexity index is 1050. The highest BCUT2D eigenvalue weighted by atomic mass is 16.5. The molecular weight excluding hydrogens is 346 g/mol. The molecule has 0 radical (unpaired) electrons. The highest BCUT2D eigenvalue weighted by molar-refractivity contribution is 5.97. The molecule has 3 N–H and O–H groups in total. The number of ether oxygens (including phenoxy) is 1. The summed E-state index contributed by atoms with van der Waals surface area (Å²) < 4.78 is 5.41. The summed E-state index contributed by atoms with van der Waals surface area (Å²) in [7, 11) is 0. The molecule has 1 aliphatic heterocycles. The van der Waals surface area contributed by atoms with E-state index in [-0.39, 0.29) is 17.5 Å². The SMILES string of the molecule is Cc1cc(Nc2n[nH]c3cc[nH]c(=O)c23)ccc1C(=O)N1CCOC[C@@H]1C. The van der Waals surface area contributed by atoms with E-state index in [1.54, 1.807) is 18.3 Å². The topological polar surface area (TPSA) is 103 Å². The summed E-state index contributed by atoms with van der Waals surface area (Å²) in [6, 6.07) is 7.33. The Kier molecular flexibility index (Phi) is 4.41. The summed E-state index contributed by atoms with van der Waals surface area (Å²) in [5.74, 6) is 0.462. The lowest BCUT2D eigenvalue weighted by molar-refractivity contribution is 0.00355. The van der Waals surface area contributed by atoms with E-state index in [4.69, 9.17) is 4.74 Å². The van der Waals surface area contributed by atoms with Gasteiger partial charge in [-0.05, 0) is 43.7 Å². The molecule has 1 aliphatic rings. The number of carbonyl (C=O) groups is 1.